The van der Waals surface area contributed by atoms with E-state index >= 15 is 0 Å². The van der Waals surface area contributed by atoms with Gasteiger partial charge in [0.1, 0.15) is 0 Å². The zero-order chi connectivity index (χ0) is 16.4. The molecule has 2 aromatic carbocycles. The molecule has 0 unspecified atom stereocenters. The van der Waals surface area contributed by atoms with Crippen LogP contribution in [0.1, 0.15) is 30.0 Å². The molecule has 2 aliphatic heterocycles. The highest BCUT2D eigenvalue weighted by atomic mass is 32.2. The lowest BCUT2D eigenvalue weighted by molar-refractivity contribution is -0.132. The summed E-state index contributed by atoms with van der Waals surface area (Å²) < 4.78 is 0. The van der Waals surface area contributed by atoms with Crippen LogP contribution in [0.5, 0.6) is 0 Å². The first-order chi connectivity index (χ1) is 11.8. The molecule has 2 aromatic rings. The third-order valence-electron chi connectivity index (χ3n) is 4.34. The van der Waals surface area contributed by atoms with Gasteiger partial charge >= 0.3 is 0 Å². The Morgan fingerprint density at radius 2 is 1.92 bits per heavy atom. The molecule has 2 heterocycles. The number of thioether (sulfide) groups is 1. The van der Waals surface area contributed by atoms with E-state index in [1.807, 2.05) is 54.2 Å². The van der Waals surface area contributed by atoms with Crippen LogP contribution in [0.25, 0.3) is 0 Å². The van der Waals surface area contributed by atoms with Crippen molar-refractivity contribution >= 4 is 23.4 Å². The van der Waals surface area contributed by atoms with Crippen molar-refractivity contribution in [1.82, 2.24) is 5.32 Å². The van der Waals surface area contributed by atoms with Gasteiger partial charge in [-0.3, -0.25) is 4.79 Å². The molecule has 4 rings (SSSR count). The Morgan fingerprint density at radius 3 is 2.79 bits per heavy atom. The van der Waals surface area contributed by atoms with E-state index in [-0.39, 0.29) is 11.9 Å². The minimum absolute atomic E-state index is 0.0549. The van der Waals surface area contributed by atoms with Crippen molar-refractivity contribution < 1.29 is 9.63 Å². The van der Waals surface area contributed by atoms with Gasteiger partial charge in [-0.25, -0.2) is 0 Å². The van der Waals surface area contributed by atoms with Crippen LogP contribution < -0.4 is 5.32 Å². The lowest BCUT2D eigenvalue weighted by Gasteiger charge is -2.26. The molecule has 2 atom stereocenters. The zero-order valence-corrected chi connectivity index (χ0v) is 14.0. The van der Waals surface area contributed by atoms with Crippen molar-refractivity contribution in [3.8, 4) is 0 Å². The number of nitrogens with zero attached hydrogens (tertiary/aromatic N) is 1. The summed E-state index contributed by atoms with van der Waals surface area (Å²) in [5, 5.41) is 7.24. The molecule has 24 heavy (non-hydrogen) atoms. The van der Waals surface area contributed by atoms with E-state index in [1.54, 1.807) is 0 Å². The Bertz CT molecular complexity index is 776. The van der Waals surface area contributed by atoms with Crippen molar-refractivity contribution in [3.05, 3.63) is 65.7 Å². The number of amides is 1. The molecule has 4 nitrogen and oxygen atoms in total. The topological polar surface area (TPSA) is 50.7 Å². The van der Waals surface area contributed by atoms with E-state index in [9.17, 15) is 4.79 Å². The quantitative estimate of drug-likeness (QED) is 0.931. The summed E-state index contributed by atoms with van der Waals surface area (Å²) in [5.74, 6) is 0.926. The lowest BCUT2D eigenvalue weighted by Crippen LogP contribution is -2.38. The fourth-order valence-corrected chi connectivity index (χ4v) is 4.20. The van der Waals surface area contributed by atoms with Gasteiger partial charge in [-0.05, 0) is 23.6 Å². The van der Waals surface area contributed by atoms with Crippen LogP contribution in [0.15, 0.2) is 64.6 Å². The van der Waals surface area contributed by atoms with E-state index in [2.05, 4.69) is 22.6 Å². The first-order valence-electron chi connectivity index (χ1n) is 8.11. The maximum Gasteiger partial charge on any atom is 0.264 e. The molecule has 5 heteroatoms. The Hall–Kier alpha value is -2.27. The summed E-state index contributed by atoms with van der Waals surface area (Å²) in [7, 11) is 0. The number of rotatable bonds is 3. The molecule has 0 saturated heterocycles. The molecule has 122 valence electrons. The number of fused-ring (bicyclic) bond motifs is 1. The first-order valence-corrected chi connectivity index (χ1v) is 9.10. The van der Waals surface area contributed by atoms with Crippen LogP contribution in [0, 0.1) is 0 Å². The largest absolute Gasteiger partial charge is 0.382 e. The van der Waals surface area contributed by atoms with Gasteiger partial charge < -0.3 is 10.2 Å². The van der Waals surface area contributed by atoms with Crippen molar-refractivity contribution in [2.45, 2.75) is 29.9 Å². The van der Waals surface area contributed by atoms with E-state index in [4.69, 9.17) is 4.84 Å². The smallest absolute Gasteiger partial charge is 0.264 e. The van der Waals surface area contributed by atoms with Crippen LogP contribution in [-0.4, -0.2) is 23.5 Å². The normalized spacial score (nSPS) is 22.2. The Morgan fingerprint density at radius 1 is 1.12 bits per heavy atom. The van der Waals surface area contributed by atoms with Crippen LogP contribution in [-0.2, 0) is 9.63 Å². The molecule has 0 spiro atoms. The van der Waals surface area contributed by atoms with Gasteiger partial charge in [0.15, 0.2) is 0 Å². The Labute approximate surface area is 145 Å². The molecule has 0 saturated carbocycles. The highest BCUT2D eigenvalue weighted by molar-refractivity contribution is 7.99. The van der Waals surface area contributed by atoms with E-state index < -0.39 is 6.10 Å². The maximum atomic E-state index is 12.6. The molecule has 0 aromatic heterocycles. The molecule has 0 aliphatic carbocycles. The minimum Gasteiger partial charge on any atom is -0.382 e. The van der Waals surface area contributed by atoms with Gasteiger partial charge in [0.05, 0.1) is 11.8 Å². The summed E-state index contributed by atoms with van der Waals surface area (Å²) in [4.78, 5) is 19.2. The molecule has 1 N–H and O–H groups in total. The number of carbonyl (C=O) groups is 1. The Balaban J connectivity index is 1.42. The third kappa shape index (κ3) is 3.04. The molecule has 0 radical (unpaired) electrons. The number of carbonyl (C=O) groups excluding carboxylic acids is 1. The van der Waals surface area contributed by atoms with Crippen LogP contribution >= 0.6 is 11.8 Å². The van der Waals surface area contributed by atoms with Gasteiger partial charge in [0, 0.05) is 17.1 Å². The zero-order valence-electron chi connectivity index (χ0n) is 13.1. The second kappa shape index (κ2) is 6.69. The SMILES string of the molecule is O=C(N[C@@H]1CCSc2ccccc21)[C@H]1CC(c2ccccc2)=NO1. The number of hydrogen-bond donors (Lipinski definition) is 1. The number of nitrogens with one attached hydrogen (secondary N) is 1. The van der Waals surface area contributed by atoms with Crippen molar-refractivity contribution in [2.24, 2.45) is 5.16 Å². The molecule has 2 aliphatic rings. The fourth-order valence-electron chi connectivity index (χ4n) is 3.08. The van der Waals surface area contributed by atoms with E-state index in [0.29, 0.717) is 6.42 Å². The third-order valence-corrected chi connectivity index (χ3v) is 5.47. The van der Waals surface area contributed by atoms with Crippen LogP contribution in [0.2, 0.25) is 0 Å². The van der Waals surface area contributed by atoms with Gasteiger partial charge in [-0.15, -0.1) is 11.8 Å². The van der Waals surface area contributed by atoms with E-state index in [0.717, 1.165) is 23.4 Å². The van der Waals surface area contributed by atoms with Crippen LogP contribution in [0.3, 0.4) is 0 Å². The second-order valence-corrected chi connectivity index (χ2v) is 7.08. The number of oxime groups is 1. The average Bonchev–Trinajstić information content (AvgIpc) is 3.13. The predicted molar refractivity (Wildman–Crippen MR) is 95.1 cm³/mol. The molecule has 1 amide bonds. The molecule has 0 fully saturated rings. The minimum atomic E-state index is -0.540. The monoisotopic (exact) mass is 338 g/mol. The van der Waals surface area contributed by atoms with Gasteiger partial charge in [-0.1, -0.05) is 53.7 Å². The second-order valence-electron chi connectivity index (χ2n) is 5.94. The standard InChI is InChI=1S/C19H18N2O2S/c22-19(17-12-16(21-23-17)13-6-2-1-3-7-13)20-15-10-11-24-18-9-5-4-8-14(15)18/h1-9,15,17H,10-12H2,(H,20,22)/t15-,17-/m1/s1. The van der Waals surface area contributed by atoms with Crippen molar-refractivity contribution in [2.75, 3.05) is 5.75 Å². The van der Waals surface area contributed by atoms with Crippen molar-refractivity contribution in [3.63, 3.8) is 0 Å². The summed E-state index contributed by atoms with van der Waals surface area (Å²) >= 11 is 1.84. The highest BCUT2D eigenvalue weighted by Crippen LogP contribution is 2.36. The first kappa shape index (κ1) is 15.3. The fraction of sp³-hybridized carbons (Fsp3) is 0.263. The Kier molecular flexibility index (Phi) is 4.26. The predicted octanol–water partition coefficient (Wildman–Crippen LogP) is 3.53. The molecular formula is C19H18N2O2S. The van der Waals surface area contributed by atoms with Crippen LogP contribution in [0.4, 0.5) is 0 Å². The average molecular weight is 338 g/mol. The molecular weight excluding hydrogens is 320 g/mol. The molecule has 0 bridgehead atoms. The number of benzene rings is 2. The van der Waals surface area contributed by atoms with Gasteiger partial charge in [-0.2, -0.15) is 0 Å². The van der Waals surface area contributed by atoms with E-state index in [1.165, 1.54) is 10.5 Å². The van der Waals surface area contributed by atoms with Gasteiger partial charge in [0.2, 0.25) is 6.10 Å². The summed E-state index contributed by atoms with van der Waals surface area (Å²) in [5.41, 5.74) is 3.03. The van der Waals surface area contributed by atoms with Gasteiger partial charge in [0.25, 0.3) is 5.91 Å². The summed E-state index contributed by atoms with van der Waals surface area (Å²) in [6.07, 6.45) is 0.910. The summed E-state index contributed by atoms with van der Waals surface area (Å²) in [6, 6.07) is 18.2. The lowest BCUT2D eigenvalue weighted by atomic mass is 10.0. The number of hydrogen-bond acceptors (Lipinski definition) is 4. The maximum absolute atomic E-state index is 12.6. The van der Waals surface area contributed by atoms with Crippen molar-refractivity contribution in [1.29, 1.82) is 0 Å². The highest BCUT2D eigenvalue weighted by Gasteiger charge is 2.31. The summed E-state index contributed by atoms with van der Waals surface area (Å²) in [6.45, 7) is 0.